The number of hydrogen-bond donors (Lipinski definition) is 2. The van der Waals surface area contributed by atoms with Crippen LogP contribution < -0.4 is 5.73 Å². The van der Waals surface area contributed by atoms with Crippen LogP contribution in [-0.2, 0) is 0 Å². The van der Waals surface area contributed by atoms with Gasteiger partial charge >= 0.3 is 0 Å². The molecule has 1 aliphatic rings. The second-order valence-electron chi connectivity index (χ2n) is 4.13. The molecule has 1 aliphatic carbocycles. The maximum Gasteiger partial charge on any atom is 0.271 e. The molecule has 1 saturated carbocycles. The molecule has 0 radical (unpaired) electrons. The van der Waals surface area contributed by atoms with E-state index in [1.54, 1.807) is 0 Å². The van der Waals surface area contributed by atoms with Crippen molar-refractivity contribution in [1.29, 1.82) is 0 Å². The van der Waals surface area contributed by atoms with Gasteiger partial charge in [-0.1, -0.05) is 30.9 Å². The highest BCUT2D eigenvalue weighted by Crippen LogP contribution is 2.31. The molecule has 1 fully saturated rings. The van der Waals surface area contributed by atoms with Gasteiger partial charge < -0.3 is 5.73 Å². The van der Waals surface area contributed by atoms with Gasteiger partial charge in [0, 0.05) is 5.92 Å². The van der Waals surface area contributed by atoms with Crippen LogP contribution in [-0.4, -0.2) is 21.3 Å². The lowest BCUT2D eigenvalue weighted by atomic mass is 9.95. The first kappa shape index (κ1) is 10.1. The number of nitrogens with two attached hydrogens (primary N) is 1. The molecule has 0 aliphatic heterocycles. The summed E-state index contributed by atoms with van der Waals surface area (Å²) in [5.74, 6) is -0.104. The number of carbonyl (C=O) groups is 1. The number of aromatic amines is 1. The van der Waals surface area contributed by atoms with Crippen molar-refractivity contribution in [2.75, 3.05) is 0 Å². The Morgan fingerprint density at radius 1 is 1.27 bits per heavy atom. The average Bonchev–Trinajstić information content (AvgIpc) is 2.55. The molecule has 82 valence electrons. The zero-order chi connectivity index (χ0) is 10.7. The number of amides is 1. The third-order valence-electron chi connectivity index (χ3n) is 3.07. The second-order valence-corrected chi connectivity index (χ2v) is 4.13. The van der Waals surface area contributed by atoms with E-state index in [1.165, 1.54) is 25.7 Å². The molecule has 0 saturated heterocycles. The van der Waals surface area contributed by atoms with Crippen molar-refractivity contribution < 1.29 is 4.79 Å². The van der Waals surface area contributed by atoms with Gasteiger partial charge in [-0.25, -0.2) is 0 Å². The van der Waals surface area contributed by atoms with Crippen LogP contribution >= 0.6 is 0 Å². The Labute approximate surface area is 88.4 Å². The highest BCUT2D eigenvalue weighted by Gasteiger charge is 2.22. The van der Waals surface area contributed by atoms with E-state index >= 15 is 0 Å². The molecule has 0 aromatic carbocycles. The van der Waals surface area contributed by atoms with Gasteiger partial charge in [-0.3, -0.25) is 9.89 Å². The zero-order valence-corrected chi connectivity index (χ0v) is 8.70. The number of hydrogen-bond acceptors (Lipinski definition) is 3. The highest BCUT2D eigenvalue weighted by molar-refractivity contribution is 5.91. The largest absolute Gasteiger partial charge is 0.364 e. The van der Waals surface area contributed by atoms with Gasteiger partial charge in [-0.15, -0.1) is 5.10 Å². The lowest BCUT2D eigenvalue weighted by Gasteiger charge is -2.11. The number of nitrogens with zero attached hydrogens (tertiary/aromatic N) is 2. The normalized spacial score (nSPS) is 18.7. The smallest absolute Gasteiger partial charge is 0.271 e. The van der Waals surface area contributed by atoms with Crippen LogP contribution in [0.1, 0.15) is 60.6 Å². The van der Waals surface area contributed by atoms with Gasteiger partial charge in [0.05, 0.1) is 5.69 Å². The quantitative estimate of drug-likeness (QED) is 0.719. The van der Waals surface area contributed by atoms with Crippen LogP contribution in [0.15, 0.2) is 0 Å². The maximum atomic E-state index is 11.1. The Hall–Kier alpha value is -1.39. The van der Waals surface area contributed by atoms with Crippen molar-refractivity contribution in [3.63, 3.8) is 0 Å². The van der Waals surface area contributed by atoms with E-state index in [-0.39, 0.29) is 0 Å². The van der Waals surface area contributed by atoms with E-state index in [1.807, 2.05) is 0 Å². The predicted octanol–water partition coefficient (Wildman–Crippen LogP) is 1.34. The molecule has 3 N–H and O–H groups in total. The summed E-state index contributed by atoms with van der Waals surface area (Å²) in [6, 6.07) is 0. The topological polar surface area (TPSA) is 84.7 Å². The Bertz CT molecular complexity index is 339. The molecule has 0 unspecified atom stereocenters. The van der Waals surface area contributed by atoms with Crippen molar-refractivity contribution in [1.82, 2.24) is 15.4 Å². The Balaban J connectivity index is 2.19. The number of rotatable bonds is 2. The van der Waals surface area contributed by atoms with E-state index in [2.05, 4.69) is 15.4 Å². The minimum atomic E-state index is -0.483. The summed E-state index contributed by atoms with van der Waals surface area (Å²) < 4.78 is 0. The monoisotopic (exact) mass is 208 g/mol. The first-order chi connectivity index (χ1) is 7.29. The van der Waals surface area contributed by atoms with E-state index in [0.717, 1.165) is 18.5 Å². The fourth-order valence-corrected chi connectivity index (χ4v) is 2.27. The van der Waals surface area contributed by atoms with E-state index in [0.29, 0.717) is 11.6 Å². The number of carbonyl (C=O) groups excluding carboxylic acids is 1. The average molecular weight is 208 g/mol. The Morgan fingerprint density at radius 3 is 2.53 bits per heavy atom. The fraction of sp³-hybridized carbons (Fsp3) is 0.700. The molecule has 1 heterocycles. The lowest BCUT2D eigenvalue weighted by Crippen LogP contribution is -2.15. The molecule has 15 heavy (non-hydrogen) atoms. The van der Waals surface area contributed by atoms with Gasteiger partial charge in [-0.05, 0) is 12.8 Å². The summed E-state index contributed by atoms with van der Waals surface area (Å²) in [5, 5.41) is 10.2. The molecule has 5 nitrogen and oxygen atoms in total. The van der Waals surface area contributed by atoms with E-state index < -0.39 is 5.91 Å². The van der Waals surface area contributed by atoms with Gasteiger partial charge in [0.1, 0.15) is 0 Å². The number of H-pyrrole nitrogens is 1. The molecule has 0 atom stereocenters. The van der Waals surface area contributed by atoms with Gasteiger partial charge in [0.15, 0.2) is 5.69 Å². The summed E-state index contributed by atoms with van der Waals surface area (Å²) in [6.07, 6.45) is 7.19. The zero-order valence-electron chi connectivity index (χ0n) is 8.70. The minimum absolute atomic E-state index is 0.321. The summed E-state index contributed by atoms with van der Waals surface area (Å²) in [6.45, 7) is 0. The SMILES string of the molecule is NC(=O)c1nn[nH]c1C1CCCCCC1. The summed E-state index contributed by atoms with van der Waals surface area (Å²) in [4.78, 5) is 11.1. The molecular formula is C10H16N4O. The Kier molecular flexibility index (Phi) is 2.99. The van der Waals surface area contributed by atoms with Crippen molar-refractivity contribution >= 4 is 5.91 Å². The lowest BCUT2D eigenvalue weighted by molar-refractivity contribution is 0.0994. The van der Waals surface area contributed by atoms with Gasteiger partial charge in [-0.2, -0.15) is 0 Å². The standard InChI is InChI=1S/C10H16N4O/c11-10(15)9-8(12-14-13-9)7-5-3-1-2-4-6-7/h7H,1-6H2,(H2,11,15)(H,12,13,14). The molecular weight excluding hydrogens is 192 g/mol. The van der Waals surface area contributed by atoms with E-state index in [4.69, 9.17) is 5.73 Å². The first-order valence-electron chi connectivity index (χ1n) is 5.50. The third-order valence-corrected chi connectivity index (χ3v) is 3.07. The van der Waals surface area contributed by atoms with Crippen LogP contribution in [0, 0.1) is 0 Å². The molecule has 0 spiro atoms. The van der Waals surface area contributed by atoms with E-state index in [9.17, 15) is 4.79 Å². The molecule has 5 heteroatoms. The van der Waals surface area contributed by atoms with Crippen molar-refractivity contribution in [2.45, 2.75) is 44.4 Å². The summed E-state index contributed by atoms with van der Waals surface area (Å²) in [5.41, 5.74) is 6.40. The second kappa shape index (κ2) is 4.42. The minimum Gasteiger partial charge on any atom is -0.364 e. The number of aromatic nitrogens is 3. The highest BCUT2D eigenvalue weighted by atomic mass is 16.1. The maximum absolute atomic E-state index is 11.1. The third kappa shape index (κ3) is 2.16. The van der Waals surface area contributed by atoms with Gasteiger partial charge in [0.2, 0.25) is 0 Å². The van der Waals surface area contributed by atoms with Crippen LogP contribution in [0.25, 0.3) is 0 Å². The molecule has 1 aromatic rings. The van der Waals surface area contributed by atoms with Gasteiger partial charge in [0.25, 0.3) is 5.91 Å². The summed E-state index contributed by atoms with van der Waals surface area (Å²) >= 11 is 0. The molecule has 1 aromatic heterocycles. The van der Waals surface area contributed by atoms with Crippen LogP contribution in [0.4, 0.5) is 0 Å². The fourth-order valence-electron chi connectivity index (χ4n) is 2.27. The first-order valence-corrected chi connectivity index (χ1v) is 5.50. The van der Waals surface area contributed by atoms with Crippen molar-refractivity contribution in [3.05, 3.63) is 11.4 Å². The van der Waals surface area contributed by atoms with Crippen LogP contribution in [0.5, 0.6) is 0 Å². The van der Waals surface area contributed by atoms with Crippen molar-refractivity contribution in [3.8, 4) is 0 Å². The number of nitrogens with one attached hydrogen (secondary N) is 1. The number of primary amides is 1. The molecule has 1 amide bonds. The summed E-state index contributed by atoms with van der Waals surface area (Å²) in [7, 11) is 0. The Morgan fingerprint density at radius 2 is 1.93 bits per heavy atom. The van der Waals surface area contributed by atoms with Crippen molar-refractivity contribution in [2.24, 2.45) is 5.73 Å². The molecule has 0 bridgehead atoms. The van der Waals surface area contributed by atoms with Crippen LogP contribution in [0.2, 0.25) is 0 Å². The molecule has 2 rings (SSSR count). The van der Waals surface area contributed by atoms with Crippen LogP contribution in [0.3, 0.4) is 0 Å². The predicted molar refractivity (Wildman–Crippen MR) is 55.3 cm³/mol.